The maximum Gasteiger partial charge on any atom is 0.322 e. The van der Waals surface area contributed by atoms with E-state index in [-0.39, 0.29) is 11.9 Å². The fraction of sp³-hybridized carbons (Fsp3) is 0.200. The molecule has 7 heteroatoms. The second-order valence-corrected chi connectivity index (χ2v) is 6.03. The first-order chi connectivity index (χ1) is 10.5. The van der Waals surface area contributed by atoms with Crippen molar-refractivity contribution in [3.05, 3.63) is 46.1 Å². The summed E-state index contributed by atoms with van der Waals surface area (Å²) in [5.41, 5.74) is 2.30. The zero-order valence-corrected chi connectivity index (χ0v) is 13.2. The number of nitrogens with zero attached hydrogens (tertiary/aromatic N) is 3. The third-order valence-electron chi connectivity index (χ3n) is 3.13. The van der Waals surface area contributed by atoms with Gasteiger partial charge in [-0.2, -0.15) is 0 Å². The van der Waals surface area contributed by atoms with Gasteiger partial charge in [0.25, 0.3) is 11.8 Å². The number of hydrogen-bond donors (Lipinski definition) is 1. The SMILES string of the molecule is Cc1nc(C)c(-c2nnc(NC(=O)c3ccccc3C)o2)s1. The minimum Gasteiger partial charge on any atom is -0.402 e. The highest BCUT2D eigenvalue weighted by Gasteiger charge is 2.17. The lowest BCUT2D eigenvalue weighted by Crippen LogP contribution is -2.13. The molecule has 22 heavy (non-hydrogen) atoms. The first kappa shape index (κ1) is 14.4. The van der Waals surface area contributed by atoms with Crippen LogP contribution >= 0.6 is 11.3 Å². The summed E-state index contributed by atoms with van der Waals surface area (Å²) in [5.74, 6) is 0.0914. The molecule has 1 aromatic carbocycles. The van der Waals surface area contributed by atoms with E-state index in [0.717, 1.165) is 21.1 Å². The molecule has 0 spiro atoms. The molecule has 3 rings (SSSR count). The van der Waals surface area contributed by atoms with Crippen LogP contribution in [0.3, 0.4) is 0 Å². The molecule has 1 N–H and O–H groups in total. The van der Waals surface area contributed by atoms with Gasteiger partial charge in [0.15, 0.2) is 0 Å². The number of hydrogen-bond acceptors (Lipinski definition) is 6. The summed E-state index contributed by atoms with van der Waals surface area (Å²) < 4.78 is 5.51. The maximum absolute atomic E-state index is 12.2. The zero-order chi connectivity index (χ0) is 15.7. The lowest BCUT2D eigenvalue weighted by molar-refractivity contribution is 0.102. The van der Waals surface area contributed by atoms with Crippen LogP contribution in [0, 0.1) is 20.8 Å². The van der Waals surface area contributed by atoms with Crippen molar-refractivity contribution < 1.29 is 9.21 Å². The van der Waals surface area contributed by atoms with Gasteiger partial charge < -0.3 is 4.42 Å². The summed E-state index contributed by atoms with van der Waals surface area (Å²) in [6, 6.07) is 7.39. The summed E-state index contributed by atoms with van der Waals surface area (Å²) in [6.45, 7) is 5.67. The van der Waals surface area contributed by atoms with Gasteiger partial charge in [-0.1, -0.05) is 23.3 Å². The molecule has 0 aliphatic rings. The predicted octanol–water partition coefficient (Wildman–Crippen LogP) is 3.37. The highest BCUT2D eigenvalue weighted by Crippen LogP contribution is 2.29. The first-order valence-electron chi connectivity index (χ1n) is 6.69. The summed E-state index contributed by atoms with van der Waals surface area (Å²) in [7, 11) is 0. The Morgan fingerprint density at radius 1 is 1.18 bits per heavy atom. The van der Waals surface area contributed by atoms with Gasteiger partial charge in [-0.25, -0.2) is 4.98 Å². The molecule has 0 saturated carbocycles. The fourth-order valence-electron chi connectivity index (χ4n) is 2.09. The van der Waals surface area contributed by atoms with E-state index in [2.05, 4.69) is 20.5 Å². The van der Waals surface area contributed by atoms with Gasteiger partial charge in [0.1, 0.15) is 4.88 Å². The lowest BCUT2D eigenvalue weighted by atomic mass is 10.1. The average Bonchev–Trinajstić information content (AvgIpc) is 3.05. The van der Waals surface area contributed by atoms with Crippen LogP contribution < -0.4 is 5.32 Å². The Morgan fingerprint density at radius 2 is 1.95 bits per heavy atom. The number of carbonyl (C=O) groups excluding carboxylic acids is 1. The van der Waals surface area contributed by atoms with E-state index in [9.17, 15) is 4.79 Å². The summed E-state index contributed by atoms with van der Waals surface area (Å²) in [5, 5.41) is 11.4. The molecule has 0 bridgehead atoms. The lowest BCUT2D eigenvalue weighted by Gasteiger charge is -2.03. The van der Waals surface area contributed by atoms with E-state index in [4.69, 9.17) is 4.42 Å². The van der Waals surface area contributed by atoms with Gasteiger partial charge in [0.05, 0.1) is 10.7 Å². The van der Waals surface area contributed by atoms with E-state index in [1.165, 1.54) is 11.3 Å². The van der Waals surface area contributed by atoms with Crippen LogP contribution in [0.1, 0.15) is 26.6 Å². The molecule has 0 saturated heterocycles. The number of amides is 1. The Morgan fingerprint density at radius 3 is 2.64 bits per heavy atom. The molecule has 0 unspecified atom stereocenters. The number of anilines is 1. The Kier molecular flexibility index (Phi) is 3.72. The van der Waals surface area contributed by atoms with Crippen LogP contribution in [0.15, 0.2) is 28.7 Å². The van der Waals surface area contributed by atoms with E-state index < -0.39 is 0 Å². The van der Waals surface area contributed by atoms with E-state index >= 15 is 0 Å². The molecule has 3 aromatic rings. The minimum atomic E-state index is -0.273. The third kappa shape index (κ3) is 2.75. The van der Waals surface area contributed by atoms with E-state index in [0.29, 0.717) is 11.5 Å². The number of aryl methyl sites for hydroxylation is 3. The largest absolute Gasteiger partial charge is 0.402 e. The van der Waals surface area contributed by atoms with Crippen molar-refractivity contribution in [1.82, 2.24) is 15.2 Å². The quantitative estimate of drug-likeness (QED) is 0.801. The Labute approximate surface area is 131 Å². The number of rotatable bonds is 3. The summed E-state index contributed by atoms with van der Waals surface area (Å²) in [4.78, 5) is 17.3. The van der Waals surface area contributed by atoms with Crippen molar-refractivity contribution in [2.75, 3.05) is 5.32 Å². The molecule has 1 amide bonds. The van der Waals surface area contributed by atoms with Gasteiger partial charge in [-0.15, -0.1) is 16.4 Å². The molecular formula is C15H14N4O2S. The molecule has 0 aliphatic carbocycles. The maximum atomic E-state index is 12.2. The van der Waals surface area contributed by atoms with Crippen molar-refractivity contribution in [3.8, 4) is 10.8 Å². The topological polar surface area (TPSA) is 80.9 Å². The van der Waals surface area contributed by atoms with Crippen LogP contribution in [0.25, 0.3) is 10.8 Å². The smallest absolute Gasteiger partial charge is 0.322 e. The number of thiazole rings is 1. The molecule has 0 aliphatic heterocycles. The molecular weight excluding hydrogens is 300 g/mol. The standard InChI is InChI=1S/C15H14N4O2S/c1-8-6-4-5-7-11(8)13(20)17-15-19-18-14(21-15)12-9(2)16-10(3)22-12/h4-7H,1-3H3,(H,17,19,20). The molecule has 2 heterocycles. The Hall–Kier alpha value is -2.54. The Balaban J connectivity index is 1.82. The summed E-state index contributed by atoms with van der Waals surface area (Å²) in [6.07, 6.45) is 0. The molecule has 0 fully saturated rings. The molecule has 0 atom stereocenters. The minimum absolute atomic E-state index is 0.0775. The average molecular weight is 314 g/mol. The normalized spacial score (nSPS) is 10.7. The highest BCUT2D eigenvalue weighted by atomic mass is 32.1. The molecule has 0 radical (unpaired) electrons. The second kappa shape index (κ2) is 5.69. The third-order valence-corrected chi connectivity index (χ3v) is 4.19. The van der Waals surface area contributed by atoms with Gasteiger partial charge in [-0.05, 0) is 32.4 Å². The monoisotopic (exact) mass is 314 g/mol. The van der Waals surface area contributed by atoms with Crippen LogP contribution in [0.5, 0.6) is 0 Å². The van der Waals surface area contributed by atoms with Crippen molar-refractivity contribution in [3.63, 3.8) is 0 Å². The van der Waals surface area contributed by atoms with Crippen molar-refractivity contribution >= 4 is 23.3 Å². The van der Waals surface area contributed by atoms with Crippen LogP contribution in [-0.2, 0) is 0 Å². The van der Waals surface area contributed by atoms with Gasteiger partial charge in [0, 0.05) is 5.56 Å². The number of nitrogens with one attached hydrogen (secondary N) is 1. The van der Waals surface area contributed by atoms with Crippen LogP contribution in [-0.4, -0.2) is 21.1 Å². The van der Waals surface area contributed by atoms with Crippen LogP contribution in [0.4, 0.5) is 6.01 Å². The van der Waals surface area contributed by atoms with Crippen molar-refractivity contribution in [1.29, 1.82) is 0 Å². The fourth-order valence-corrected chi connectivity index (χ4v) is 2.93. The van der Waals surface area contributed by atoms with Crippen molar-refractivity contribution in [2.24, 2.45) is 0 Å². The number of carbonyl (C=O) groups is 1. The number of benzene rings is 1. The Bertz CT molecular complexity index is 838. The van der Waals surface area contributed by atoms with E-state index in [1.54, 1.807) is 6.07 Å². The van der Waals surface area contributed by atoms with Crippen molar-refractivity contribution in [2.45, 2.75) is 20.8 Å². The highest BCUT2D eigenvalue weighted by molar-refractivity contribution is 7.15. The van der Waals surface area contributed by atoms with Gasteiger partial charge in [-0.3, -0.25) is 10.1 Å². The van der Waals surface area contributed by atoms with Crippen LogP contribution in [0.2, 0.25) is 0 Å². The predicted molar refractivity (Wildman–Crippen MR) is 84.0 cm³/mol. The second-order valence-electron chi connectivity index (χ2n) is 4.83. The molecule has 6 nitrogen and oxygen atoms in total. The van der Waals surface area contributed by atoms with Gasteiger partial charge in [0.2, 0.25) is 0 Å². The summed E-state index contributed by atoms with van der Waals surface area (Å²) >= 11 is 1.48. The first-order valence-corrected chi connectivity index (χ1v) is 7.51. The molecule has 112 valence electrons. The van der Waals surface area contributed by atoms with Gasteiger partial charge >= 0.3 is 6.01 Å². The van der Waals surface area contributed by atoms with E-state index in [1.807, 2.05) is 39.0 Å². The number of aromatic nitrogens is 3. The zero-order valence-electron chi connectivity index (χ0n) is 12.4. The molecule has 2 aromatic heterocycles.